The lowest BCUT2D eigenvalue weighted by Crippen LogP contribution is -2.14. The van der Waals surface area contributed by atoms with Crippen molar-refractivity contribution in [1.29, 1.82) is 0 Å². The number of phenolic OH excluding ortho intramolecular Hbond substituents is 1. The molecule has 0 fully saturated rings. The molecule has 0 saturated carbocycles. The van der Waals surface area contributed by atoms with Gasteiger partial charge in [0, 0.05) is 0 Å². The number of nitrogens with zero attached hydrogens (tertiary/aromatic N) is 2. The van der Waals surface area contributed by atoms with Crippen molar-refractivity contribution >= 4 is 11.9 Å². The maximum atomic E-state index is 11.9. The van der Waals surface area contributed by atoms with Gasteiger partial charge in [-0.15, -0.1) is 0 Å². The first kappa shape index (κ1) is 10.9. The molecule has 1 aromatic carbocycles. The van der Waals surface area contributed by atoms with Crippen molar-refractivity contribution in [3.8, 4) is 11.5 Å². The van der Waals surface area contributed by atoms with Crippen molar-refractivity contribution < 1.29 is 14.6 Å². The number of phenols is 1. The van der Waals surface area contributed by atoms with Crippen LogP contribution in [0, 0.1) is 0 Å². The highest BCUT2D eigenvalue weighted by atomic mass is 16.5. The number of nitrogens with one attached hydrogen (secondary N) is 2. The van der Waals surface area contributed by atoms with Crippen LogP contribution in [-0.2, 0) is 0 Å². The Balaban J connectivity index is 2.30. The molecule has 0 bridgehead atoms. The fraction of sp³-hybridized carbons (Fsp3) is 0.100. The first-order valence-corrected chi connectivity index (χ1v) is 4.75. The zero-order valence-electron chi connectivity index (χ0n) is 8.97. The third kappa shape index (κ3) is 2.17. The molecule has 7 nitrogen and oxygen atoms in total. The number of H-pyrrole nitrogens is 1. The average Bonchev–Trinajstić information content (AvgIpc) is 2.81. The Morgan fingerprint density at radius 2 is 2.35 bits per heavy atom. The van der Waals surface area contributed by atoms with E-state index in [4.69, 9.17) is 4.74 Å². The number of hydrogen-bond acceptors (Lipinski definition) is 5. The van der Waals surface area contributed by atoms with E-state index in [1.165, 1.54) is 19.5 Å². The van der Waals surface area contributed by atoms with Gasteiger partial charge in [-0.1, -0.05) is 6.07 Å². The second-order valence-electron chi connectivity index (χ2n) is 3.14. The summed E-state index contributed by atoms with van der Waals surface area (Å²) < 4.78 is 5.00. The monoisotopic (exact) mass is 234 g/mol. The van der Waals surface area contributed by atoms with Crippen molar-refractivity contribution in [2.45, 2.75) is 0 Å². The quantitative estimate of drug-likeness (QED) is 0.728. The topological polar surface area (TPSA) is 100 Å². The molecule has 88 valence electrons. The van der Waals surface area contributed by atoms with Gasteiger partial charge in [-0.05, 0) is 12.1 Å². The number of ether oxygens (including phenoxy) is 1. The standard InChI is InChI=1S/C10H10N4O3/c1-17-7-4-2-3-6(15)8(7)9(16)13-10-11-5-12-14-10/h2-5,15H,1H3,(H2,11,12,13,14,16). The number of anilines is 1. The summed E-state index contributed by atoms with van der Waals surface area (Å²) in [5.41, 5.74) is 0.0476. The summed E-state index contributed by atoms with van der Waals surface area (Å²) in [6, 6.07) is 4.56. The van der Waals surface area contributed by atoms with Crippen LogP contribution in [0.4, 0.5) is 5.95 Å². The van der Waals surface area contributed by atoms with Gasteiger partial charge in [-0.3, -0.25) is 10.1 Å². The van der Waals surface area contributed by atoms with Crippen molar-refractivity contribution in [2.75, 3.05) is 12.4 Å². The van der Waals surface area contributed by atoms with Crippen LogP contribution in [-0.4, -0.2) is 33.3 Å². The minimum atomic E-state index is -0.531. The normalized spacial score (nSPS) is 9.94. The van der Waals surface area contributed by atoms with Crippen LogP contribution in [0.5, 0.6) is 11.5 Å². The fourth-order valence-electron chi connectivity index (χ4n) is 1.35. The summed E-state index contributed by atoms with van der Waals surface area (Å²) in [6.07, 6.45) is 1.26. The van der Waals surface area contributed by atoms with Crippen molar-refractivity contribution in [3.63, 3.8) is 0 Å². The van der Waals surface area contributed by atoms with Gasteiger partial charge in [0.1, 0.15) is 23.4 Å². The Kier molecular flexibility index (Phi) is 2.91. The van der Waals surface area contributed by atoms with Gasteiger partial charge < -0.3 is 9.84 Å². The van der Waals surface area contributed by atoms with E-state index in [0.29, 0.717) is 0 Å². The van der Waals surface area contributed by atoms with Crippen LogP contribution >= 0.6 is 0 Å². The predicted octanol–water partition coefficient (Wildman–Crippen LogP) is 0.771. The lowest BCUT2D eigenvalue weighted by Gasteiger charge is -2.09. The van der Waals surface area contributed by atoms with E-state index in [0.717, 1.165) is 0 Å². The molecule has 0 aliphatic heterocycles. The van der Waals surface area contributed by atoms with E-state index in [9.17, 15) is 9.90 Å². The van der Waals surface area contributed by atoms with Crippen LogP contribution < -0.4 is 10.1 Å². The predicted molar refractivity (Wildman–Crippen MR) is 59.0 cm³/mol. The maximum absolute atomic E-state index is 11.9. The summed E-state index contributed by atoms with van der Waals surface area (Å²) in [4.78, 5) is 15.6. The number of benzene rings is 1. The molecular weight excluding hydrogens is 224 g/mol. The van der Waals surface area contributed by atoms with Gasteiger partial charge >= 0.3 is 0 Å². The Hall–Kier alpha value is -2.57. The number of aromatic nitrogens is 3. The molecular formula is C10H10N4O3. The van der Waals surface area contributed by atoms with E-state index in [2.05, 4.69) is 20.5 Å². The Labute approximate surface area is 96.5 Å². The van der Waals surface area contributed by atoms with Crippen molar-refractivity contribution in [3.05, 3.63) is 30.1 Å². The summed E-state index contributed by atoms with van der Waals surface area (Å²) >= 11 is 0. The largest absolute Gasteiger partial charge is 0.507 e. The zero-order chi connectivity index (χ0) is 12.3. The maximum Gasteiger partial charge on any atom is 0.265 e. The Morgan fingerprint density at radius 3 is 3.00 bits per heavy atom. The van der Waals surface area contributed by atoms with Gasteiger partial charge in [-0.2, -0.15) is 10.1 Å². The van der Waals surface area contributed by atoms with Gasteiger partial charge in [0.15, 0.2) is 0 Å². The molecule has 1 aromatic heterocycles. The van der Waals surface area contributed by atoms with Crippen LogP contribution in [0.25, 0.3) is 0 Å². The van der Waals surface area contributed by atoms with Gasteiger partial charge in [0.05, 0.1) is 7.11 Å². The van der Waals surface area contributed by atoms with Crippen LogP contribution in [0.15, 0.2) is 24.5 Å². The molecule has 0 radical (unpaired) electrons. The SMILES string of the molecule is COc1cccc(O)c1C(=O)Nc1ncn[nH]1. The van der Waals surface area contributed by atoms with Crippen LogP contribution in [0.3, 0.4) is 0 Å². The number of amides is 1. The van der Waals surface area contributed by atoms with Crippen LogP contribution in [0.1, 0.15) is 10.4 Å². The molecule has 2 aromatic rings. The molecule has 1 heterocycles. The van der Waals surface area contributed by atoms with Gasteiger partial charge in [-0.25, -0.2) is 5.10 Å². The van der Waals surface area contributed by atoms with E-state index in [1.807, 2.05) is 0 Å². The molecule has 0 aliphatic carbocycles. The molecule has 2 rings (SSSR count). The minimum absolute atomic E-state index is 0.0476. The number of aromatic hydroxyl groups is 1. The lowest BCUT2D eigenvalue weighted by molar-refractivity contribution is 0.102. The molecule has 7 heteroatoms. The smallest absolute Gasteiger partial charge is 0.265 e. The Bertz CT molecular complexity index is 524. The number of hydrogen-bond donors (Lipinski definition) is 3. The summed E-state index contributed by atoms with van der Waals surface area (Å²) in [5.74, 6) is -0.222. The van der Waals surface area contributed by atoms with Crippen molar-refractivity contribution in [2.24, 2.45) is 0 Å². The Morgan fingerprint density at radius 1 is 1.53 bits per heavy atom. The molecule has 0 aliphatic rings. The summed E-state index contributed by atoms with van der Waals surface area (Å²) in [6.45, 7) is 0. The molecule has 3 N–H and O–H groups in total. The van der Waals surface area contributed by atoms with Crippen LogP contribution in [0.2, 0.25) is 0 Å². The fourth-order valence-corrected chi connectivity index (χ4v) is 1.35. The first-order valence-electron chi connectivity index (χ1n) is 4.75. The summed E-state index contributed by atoms with van der Waals surface area (Å²) in [5, 5.41) is 18.1. The van der Waals surface area contributed by atoms with E-state index >= 15 is 0 Å². The highest BCUT2D eigenvalue weighted by molar-refractivity contribution is 6.07. The van der Waals surface area contributed by atoms with Gasteiger partial charge in [0.2, 0.25) is 5.95 Å². The number of methoxy groups -OCH3 is 1. The molecule has 1 amide bonds. The highest BCUT2D eigenvalue weighted by Gasteiger charge is 2.17. The third-order valence-electron chi connectivity index (χ3n) is 2.10. The lowest BCUT2D eigenvalue weighted by atomic mass is 10.1. The average molecular weight is 234 g/mol. The molecule has 0 unspecified atom stereocenters. The molecule has 0 saturated heterocycles. The van der Waals surface area contributed by atoms with Gasteiger partial charge in [0.25, 0.3) is 5.91 Å². The third-order valence-corrected chi connectivity index (χ3v) is 2.10. The highest BCUT2D eigenvalue weighted by Crippen LogP contribution is 2.27. The molecule has 0 atom stereocenters. The zero-order valence-corrected chi connectivity index (χ0v) is 8.97. The molecule has 0 spiro atoms. The second-order valence-corrected chi connectivity index (χ2v) is 3.14. The number of carbonyl (C=O) groups is 1. The number of carbonyl (C=O) groups excluding carboxylic acids is 1. The summed E-state index contributed by atoms with van der Waals surface area (Å²) in [7, 11) is 1.42. The van der Waals surface area contributed by atoms with E-state index in [1.54, 1.807) is 12.1 Å². The molecule has 17 heavy (non-hydrogen) atoms. The van der Waals surface area contributed by atoms with Crippen molar-refractivity contribution in [1.82, 2.24) is 15.2 Å². The number of aromatic amines is 1. The number of rotatable bonds is 3. The minimum Gasteiger partial charge on any atom is -0.507 e. The first-order chi connectivity index (χ1) is 8.22. The second kappa shape index (κ2) is 4.52. The van der Waals surface area contributed by atoms with E-state index < -0.39 is 5.91 Å². The van der Waals surface area contributed by atoms with E-state index in [-0.39, 0.29) is 23.0 Å².